The fourth-order valence-electron chi connectivity index (χ4n) is 1.72. The Hall–Kier alpha value is -2.23. The minimum Gasteiger partial charge on any atom is -0.497 e. The molecule has 0 aliphatic heterocycles. The molecular weight excluding hydrogens is 242 g/mol. The summed E-state index contributed by atoms with van der Waals surface area (Å²) in [6.45, 7) is 2.69. The first-order valence-corrected chi connectivity index (χ1v) is 6.26. The topological polar surface area (TPSA) is 51.5 Å². The lowest BCUT2D eigenvalue weighted by atomic mass is 10.2. The Morgan fingerprint density at radius 1 is 1.42 bits per heavy atom. The third-order valence-electron chi connectivity index (χ3n) is 2.69. The van der Waals surface area contributed by atoms with Crippen molar-refractivity contribution in [2.45, 2.75) is 13.3 Å². The summed E-state index contributed by atoms with van der Waals surface area (Å²) in [5.41, 5.74) is 0.773. The SMILES string of the molecule is CCCNC(=O)C=Cc1cc2cc(OC)ccc2o1. The molecule has 0 saturated heterocycles. The first kappa shape index (κ1) is 13.2. The maximum absolute atomic E-state index is 11.4. The van der Waals surface area contributed by atoms with Gasteiger partial charge in [-0.2, -0.15) is 0 Å². The van der Waals surface area contributed by atoms with Crippen LogP contribution in [0.5, 0.6) is 5.75 Å². The van der Waals surface area contributed by atoms with Gasteiger partial charge < -0.3 is 14.5 Å². The Labute approximate surface area is 112 Å². The highest BCUT2D eigenvalue weighted by Crippen LogP contribution is 2.24. The van der Waals surface area contributed by atoms with Gasteiger partial charge in [0.1, 0.15) is 17.1 Å². The molecule has 100 valence electrons. The monoisotopic (exact) mass is 259 g/mol. The minimum atomic E-state index is -0.111. The second kappa shape index (κ2) is 6.09. The van der Waals surface area contributed by atoms with E-state index in [1.54, 1.807) is 13.2 Å². The van der Waals surface area contributed by atoms with Crippen molar-refractivity contribution < 1.29 is 13.9 Å². The molecule has 0 aliphatic rings. The molecule has 0 unspecified atom stereocenters. The van der Waals surface area contributed by atoms with E-state index in [-0.39, 0.29) is 5.91 Å². The van der Waals surface area contributed by atoms with Crippen molar-refractivity contribution in [3.05, 3.63) is 36.1 Å². The minimum absolute atomic E-state index is 0.111. The maximum Gasteiger partial charge on any atom is 0.244 e. The zero-order chi connectivity index (χ0) is 13.7. The molecule has 0 saturated carbocycles. The van der Waals surface area contributed by atoms with Gasteiger partial charge in [0.15, 0.2) is 0 Å². The van der Waals surface area contributed by atoms with Gasteiger partial charge in [0, 0.05) is 18.0 Å². The summed E-state index contributed by atoms with van der Waals surface area (Å²) < 4.78 is 10.8. The predicted octanol–water partition coefficient (Wildman–Crippen LogP) is 2.98. The number of ether oxygens (including phenoxy) is 1. The van der Waals surface area contributed by atoms with Gasteiger partial charge in [0.25, 0.3) is 0 Å². The van der Waals surface area contributed by atoms with E-state index in [1.165, 1.54) is 6.08 Å². The number of amides is 1. The van der Waals surface area contributed by atoms with E-state index >= 15 is 0 Å². The molecule has 2 aromatic rings. The molecule has 4 heteroatoms. The molecule has 0 fully saturated rings. The Morgan fingerprint density at radius 2 is 2.26 bits per heavy atom. The van der Waals surface area contributed by atoms with Crippen LogP contribution in [0.2, 0.25) is 0 Å². The standard InChI is InChI=1S/C15H17NO3/c1-3-8-16-15(17)7-5-13-10-11-9-12(18-2)4-6-14(11)19-13/h4-7,9-10H,3,8H2,1-2H3,(H,16,17). The van der Waals surface area contributed by atoms with Crippen molar-refractivity contribution >= 4 is 23.0 Å². The van der Waals surface area contributed by atoms with E-state index in [4.69, 9.17) is 9.15 Å². The zero-order valence-electron chi connectivity index (χ0n) is 11.1. The van der Waals surface area contributed by atoms with Crippen molar-refractivity contribution in [1.82, 2.24) is 5.32 Å². The highest BCUT2D eigenvalue weighted by Gasteiger charge is 2.03. The van der Waals surface area contributed by atoms with Gasteiger partial charge in [-0.05, 0) is 36.8 Å². The number of hydrogen-bond acceptors (Lipinski definition) is 3. The van der Waals surface area contributed by atoms with Gasteiger partial charge in [-0.15, -0.1) is 0 Å². The van der Waals surface area contributed by atoms with Crippen LogP contribution >= 0.6 is 0 Å². The van der Waals surface area contributed by atoms with Crippen molar-refractivity contribution in [2.75, 3.05) is 13.7 Å². The number of hydrogen-bond donors (Lipinski definition) is 1. The summed E-state index contributed by atoms with van der Waals surface area (Å²) in [5, 5.41) is 3.72. The summed E-state index contributed by atoms with van der Waals surface area (Å²) >= 11 is 0. The second-order valence-corrected chi connectivity index (χ2v) is 4.18. The van der Waals surface area contributed by atoms with Gasteiger partial charge in [-0.1, -0.05) is 6.92 Å². The van der Waals surface area contributed by atoms with Crippen LogP contribution < -0.4 is 10.1 Å². The van der Waals surface area contributed by atoms with Crippen LogP contribution in [0, 0.1) is 0 Å². The average molecular weight is 259 g/mol. The Morgan fingerprint density at radius 3 is 3.00 bits per heavy atom. The lowest BCUT2D eigenvalue weighted by molar-refractivity contribution is -0.116. The Balaban J connectivity index is 2.13. The third kappa shape index (κ3) is 3.37. The first-order valence-electron chi connectivity index (χ1n) is 6.26. The summed E-state index contributed by atoms with van der Waals surface area (Å²) in [6.07, 6.45) is 4.06. The molecule has 4 nitrogen and oxygen atoms in total. The molecule has 0 bridgehead atoms. The van der Waals surface area contributed by atoms with Crippen molar-refractivity contribution in [3.63, 3.8) is 0 Å². The van der Waals surface area contributed by atoms with E-state index in [0.29, 0.717) is 12.3 Å². The van der Waals surface area contributed by atoms with E-state index in [1.807, 2.05) is 31.2 Å². The fourth-order valence-corrected chi connectivity index (χ4v) is 1.72. The lowest BCUT2D eigenvalue weighted by Gasteiger charge is -1.96. The van der Waals surface area contributed by atoms with Crippen molar-refractivity contribution in [2.24, 2.45) is 0 Å². The normalized spacial score (nSPS) is 11.1. The summed E-state index contributed by atoms with van der Waals surface area (Å²) in [7, 11) is 1.63. The largest absolute Gasteiger partial charge is 0.497 e. The lowest BCUT2D eigenvalue weighted by Crippen LogP contribution is -2.21. The number of fused-ring (bicyclic) bond motifs is 1. The molecule has 0 aliphatic carbocycles. The summed E-state index contributed by atoms with van der Waals surface area (Å²) in [4.78, 5) is 11.4. The van der Waals surface area contributed by atoms with Gasteiger partial charge in [-0.3, -0.25) is 4.79 Å². The van der Waals surface area contributed by atoms with E-state index in [0.717, 1.165) is 23.1 Å². The average Bonchev–Trinajstić information content (AvgIpc) is 2.84. The molecule has 1 aromatic heterocycles. The van der Waals surface area contributed by atoms with Crippen LogP contribution in [-0.4, -0.2) is 19.6 Å². The van der Waals surface area contributed by atoms with Crippen LogP contribution in [0.4, 0.5) is 0 Å². The Bertz CT molecular complexity index is 598. The molecule has 19 heavy (non-hydrogen) atoms. The first-order chi connectivity index (χ1) is 9.22. The number of benzene rings is 1. The molecule has 0 radical (unpaired) electrons. The molecule has 1 amide bonds. The Kier molecular flexibility index (Phi) is 4.23. The van der Waals surface area contributed by atoms with Crippen LogP contribution in [0.3, 0.4) is 0 Å². The van der Waals surface area contributed by atoms with Gasteiger partial charge in [-0.25, -0.2) is 0 Å². The fraction of sp³-hybridized carbons (Fsp3) is 0.267. The van der Waals surface area contributed by atoms with Gasteiger partial charge in [0.2, 0.25) is 5.91 Å². The summed E-state index contributed by atoms with van der Waals surface area (Å²) in [5.74, 6) is 1.32. The van der Waals surface area contributed by atoms with Gasteiger partial charge in [0.05, 0.1) is 7.11 Å². The molecular formula is C15H17NO3. The maximum atomic E-state index is 11.4. The van der Waals surface area contributed by atoms with Crippen LogP contribution in [-0.2, 0) is 4.79 Å². The number of furan rings is 1. The number of carbonyl (C=O) groups excluding carboxylic acids is 1. The third-order valence-corrected chi connectivity index (χ3v) is 2.69. The molecule has 0 atom stereocenters. The van der Waals surface area contributed by atoms with Crippen molar-refractivity contribution in [3.8, 4) is 5.75 Å². The van der Waals surface area contributed by atoms with E-state index < -0.39 is 0 Å². The van der Waals surface area contributed by atoms with Crippen LogP contribution in [0.15, 0.2) is 34.8 Å². The predicted molar refractivity (Wildman–Crippen MR) is 75.1 cm³/mol. The molecule has 1 N–H and O–H groups in total. The zero-order valence-corrected chi connectivity index (χ0v) is 11.1. The number of methoxy groups -OCH3 is 1. The van der Waals surface area contributed by atoms with Gasteiger partial charge >= 0.3 is 0 Å². The quantitative estimate of drug-likeness (QED) is 0.840. The van der Waals surface area contributed by atoms with Crippen LogP contribution in [0.1, 0.15) is 19.1 Å². The molecule has 1 heterocycles. The van der Waals surface area contributed by atoms with E-state index in [2.05, 4.69) is 5.32 Å². The summed E-state index contributed by atoms with van der Waals surface area (Å²) in [6, 6.07) is 7.46. The number of carbonyl (C=O) groups is 1. The number of rotatable bonds is 5. The highest BCUT2D eigenvalue weighted by atomic mass is 16.5. The second-order valence-electron chi connectivity index (χ2n) is 4.18. The van der Waals surface area contributed by atoms with Crippen molar-refractivity contribution in [1.29, 1.82) is 0 Å². The smallest absolute Gasteiger partial charge is 0.244 e. The molecule has 1 aromatic carbocycles. The van der Waals surface area contributed by atoms with Crippen LogP contribution in [0.25, 0.3) is 17.0 Å². The number of nitrogens with one attached hydrogen (secondary N) is 1. The molecule has 0 spiro atoms. The van der Waals surface area contributed by atoms with E-state index in [9.17, 15) is 4.79 Å². The highest BCUT2D eigenvalue weighted by molar-refractivity contribution is 5.92. The molecule has 2 rings (SSSR count).